The highest BCUT2D eigenvalue weighted by Crippen LogP contribution is 2.13. The second-order valence-electron chi connectivity index (χ2n) is 2.53. The number of amides is 2. The maximum Gasteiger partial charge on any atom is 0.413 e. The second kappa shape index (κ2) is 3.84. The fourth-order valence-corrected chi connectivity index (χ4v) is 1.03. The van der Waals surface area contributed by atoms with Gasteiger partial charge in [0.05, 0.1) is 12.7 Å². The molecule has 0 heterocycles. The number of alkyl carbamates (subject to hydrolysis) is 1. The summed E-state index contributed by atoms with van der Waals surface area (Å²) >= 11 is 0. The maximum absolute atomic E-state index is 11.1. The first-order valence-electron chi connectivity index (χ1n) is 3.78. The Morgan fingerprint density at radius 1 is 1.54 bits per heavy atom. The number of nitrogens with one attached hydrogen (secondary N) is 1. The number of methoxy groups -OCH3 is 1. The van der Waals surface area contributed by atoms with Gasteiger partial charge >= 0.3 is 6.09 Å². The van der Waals surface area contributed by atoms with Crippen LogP contribution in [0.15, 0.2) is 11.6 Å². The number of imide groups is 1. The van der Waals surface area contributed by atoms with Crippen LogP contribution in [0.25, 0.3) is 0 Å². The topological polar surface area (TPSA) is 72.5 Å². The number of carbonyl (C=O) groups is 3. The Morgan fingerprint density at radius 2 is 2.23 bits per heavy atom. The molecule has 0 aromatic heterocycles. The van der Waals surface area contributed by atoms with Crippen molar-refractivity contribution in [2.24, 2.45) is 0 Å². The minimum absolute atomic E-state index is 0.0467. The number of hydrogen-bond acceptors (Lipinski definition) is 4. The van der Waals surface area contributed by atoms with E-state index in [1.807, 2.05) is 5.32 Å². The number of hydrogen-bond donors (Lipinski definition) is 1. The van der Waals surface area contributed by atoms with Crippen LogP contribution in [0.2, 0.25) is 0 Å². The zero-order chi connectivity index (χ0) is 9.84. The standard InChI is InChI=1S/C8H9NO4/c1-13-8(12)9-7(11)5-3-2-4-6(5)10/h3H,2,4H2,1H3,(H,9,11,12). The molecular weight excluding hydrogens is 174 g/mol. The minimum Gasteiger partial charge on any atom is -0.453 e. The zero-order valence-electron chi connectivity index (χ0n) is 7.12. The quantitative estimate of drug-likeness (QED) is 0.587. The summed E-state index contributed by atoms with van der Waals surface area (Å²) in [6, 6.07) is 0. The molecule has 5 heteroatoms. The summed E-state index contributed by atoms with van der Waals surface area (Å²) in [4.78, 5) is 32.7. The van der Waals surface area contributed by atoms with Crippen LogP contribution in [0.5, 0.6) is 0 Å². The van der Waals surface area contributed by atoms with Gasteiger partial charge in [0, 0.05) is 6.42 Å². The molecule has 5 nitrogen and oxygen atoms in total. The van der Waals surface area contributed by atoms with E-state index in [9.17, 15) is 14.4 Å². The first-order chi connectivity index (χ1) is 6.15. The van der Waals surface area contributed by atoms with E-state index in [0.29, 0.717) is 12.8 Å². The summed E-state index contributed by atoms with van der Waals surface area (Å²) in [6.45, 7) is 0. The Bertz CT molecular complexity index is 293. The highest BCUT2D eigenvalue weighted by Gasteiger charge is 2.23. The van der Waals surface area contributed by atoms with Crippen molar-refractivity contribution < 1.29 is 19.1 Å². The lowest BCUT2D eigenvalue weighted by Gasteiger charge is -2.01. The second-order valence-corrected chi connectivity index (χ2v) is 2.53. The molecule has 0 spiro atoms. The molecule has 0 aromatic rings. The molecule has 0 aliphatic heterocycles. The number of ketones is 1. The number of allylic oxidation sites excluding steroid dienone is 1. The molecule has 0 fully saturated rings. The molecule has 1 aliphatic rings. The van der Waals surface area contributed by atoms with E-state index in [-0.39, 0.29) is 11.4 Å². The monoisotopic (exact) mass is 183 g/mol. The molecule has 1 aliphatic carbocycles. The third-order valence-corrected chi connectivity index (χ3v) is 1.67. The molecule has 70 valence electrons. The predicted molar refractivity (Wildman–Crippen MR) is 42.9 cm³/mol. The van der Waals surface area contributed by atoms with Crippen LogP contribution in [0.3, 0.4) is 0 Å². The van der Waals surface area contributed by atoms with Gasteiger partial charge in [-0.3, -0.25) is 14.9 Å². The molecule has 0 bridgehead atoms. The SMILES string of the molecule is COC(=O)NC(=O)C1=CCCC1=O. The van der Waals surface area contributed by atoms with Crippen LogP contribution in [0.1, 0.15) is 12.8 Å². The van der Waals surface area contributed by atoms with Gasteiger partial charge in [-0.15, -0.1) is 0 Å². The van der Waals surface area contributed by atoms with Crippen molar-refractivity contribution in [1.29, 1.82) is 0 Å². The Kier molecular flexibility index (Phi) is 2.79. The molecule has 0 atom stereocenters. The van der Waals surface area contributed by atoms with Crippen LogP contribution >= 0.6 is 0 Å². The van der Waals surface area contributed by atoms with Crippen molar-refractivity contribution in [3.63, 3.8) is 0 Å². The Hall–Kier alpha value is -1.65. The van der Waals surface area contributed by atoms with E-state index >= 15 is 0 Å². The zero-order valence-corrected chi connectivity index (χ0v) is 7.12. The van der Waals surface area contributed by atoms with E-state index in [4.69, 9.17) is 0 Å². The van der Waals surface area contributed by atoms with Gasteiger partial charge in [0.1, 0.15) is 0 Å². The minimum atomic E-state index is -0.856. The highest BCUT2D eigenvalue weighted by atomic mass is 16.5. The van der Waals surface area contributed by atoms with E-state index in [1.165, 1.54) is 6.08 Å². The van der Waals surface area contributed by atoms with Gasteiger partial charge < -0.3 is 4.74 Å². The first-order valence-corrected chi connectivity index (χ1v) is 3.78. The Balaban J connectivity index is 2.58. The summed E-state index contributed by atoms with van der Waals surface area (Å²) in [5.41, 5.74) is 0.0467. The molecule has 0 saturated carbocycles. The molecule has 0 unspecified atom stereocenters. The largest absolute Gasteiger partial charge is 0.453 e. The third-order valence-electron chi connectivity index (χ3n) is 1.67. The molecule has 0 radical (unpaired) electrons. The van der Waals surface area contributed by atoms with Crippen molar-refractivity contribution in [1.82, 2.24) is 5.32 Å². The Morgan fingerprint density at radius 3 is 2.69 bits per heavy atom. The fraction of sp³-hybridized carbons (Fsp3) is 0.375. The first kappa shape index (κ1) is 9.44. The molecule has 0 aromatic carbocycles. The number of ether oxygens (including phenoxy) is 1. The molecule has 1 N–H and O–H groups in total. The summed E-state index contributed by atoms with van der Waals surface area (Å²) in [5, 5.41) is 1.91. The van der Waals surface area contributed by atoms with E-state index in [0.717, 1.165) is 7.11 Å². The Labute approximate surface area is 74.7 Å². The van der Waals surface area contributed by atoms with Gasteiger partial charge in [0.15, 0.2) is 5.78 Å². The van der Waals surface area contributed by atoms with E-state index in [1.54, 1.807) is 0 Å². The van der Waals surface area contributed by atoms with Crippen LogP contribution in [0.4, 0.5) is 4.79 Å². The lowest BCUT2D eigenvalue weighted by Crippen LogP contribution is -2.32. The van der Waals surface area contributed by atoms with E-state index in [2.05, 4.69) is 4.74 Å². The predicted octanol–water partition coefficient (Wildman–Crippen LogP) is 0.158. The molecule has 1 rings (SSSR count). The third kappa shape index (κ3) is 2.14. The van der Waals surface area contributed by atoms with Gasteiger partial charge in [-0.1, -0.05) is 6.08 Å². The lowest BCUT2D eigenvalue weighted by atomic mass is 10.2. The van der Waals surface area contributed by atoms with Crippen LogP contribution in [-0.4, -0.2) is 24.9 Å². The average molecular weight is 183 g/mol. The van der Waals surface area contributed by atoms with Gasteiger partial charge in [0.25, 0.3) is 5.91 Å². The number of carbonyl (C=O) groups excluding carboxylic acids is 3. The molecule has 13 heavy (non-hydrogen) atoms. The summed E-state index contributed by atoms with van der Waals surface area (Å²) in [5.74, 6) is -0.921. The normalized spacial score (nSPS) is 15.2. The van der Waals surface area contributed by atoms with Gasteiger partial charge in [0.2, 0.25) is 0 Å². The lowest BCUT2D eigenvalue weighted by molar-refractivity contribution is -0.121. The maximum atomic E-state index is 11.1. The van der Waals surface area contributed by atoms with Crippen molar-refractivity contribution in [2.75, 3.05) is 7.11 Å². The molecular formula is C8H9NO4. The van der Waals surface area contributed by atoms with Crippen LogP contribution in [-0.2, 0) is 14.3 Å². The van der Waals surface area contributed by atoms with Crippen molar-refractivity contribution >= 4 is 17.8 Å². The van der Waals surface area contributed by atoms with Crippen molar-refractivity contribution in [3.05, 3.63) is 11.6 Å². The fourth-order valence-electron chi connectivity index (χ4n) is 1.03. The van der Waals surface area contributed by atoms with Crippen molar-refractivity contribution in [3.8, 4) is 0 Å². The van der Waals surface area contributed by atoms with Gasteiger partial charge in [-0.2, -0.15) is 0 Å². The molecule has 2 amide bonds. The number of Topliss-reactive ketones (excluding diaryl/α,β-unsaturated/α-hetero) is 1. The highest BCUT2D eigenvalue weighted by molar-refractivity contribution is 6.22. The van der Waals surface area contributed by atoms with Crippen molar-refractivity contribution in [2.45, 2.75) is 12.8 Å². The average Bonchev–Trinajstić information content (AvgIpc) is 2.51. The van der Waals surface area contributed by atoms with Crippen LogP contribution in [0, 0.1) is 0 Å². The smallest absolute Gasteiger partial charge is 0.413 e. The van der Waals surface area contributed by atoms with Gasteiger partial charge in [-0.05, 0) is 6.42 Å². The summed E-state index contributed by atoms with van der Waals surface area (Å²) < 4.78 is 4.21. The number of rotatable bonds is 1. The summed E-state index contributed by atoms with van der Waals surface area (Å²) in [6.07, 6.45) is 1.55. The summed E-state index contributed by atoms with van der Waals surface area (Å²) in [7, 11) is 1.15. The molecule has 0 saturated heterocycles. The van der Waals surface area contributed by atoms with Gasteiger partial charge in [-0.25, -0.2) is 4.79 Å². The van der Waals surface area contributed by atoms with Crippen LogP contribution < -0.4 is 5.32 Å². The van der Waals surface area contributed by atoms with E-state index < -0.39 is 12.0 Å².